The van der Waals surface area contributed by atoms with Crippen molar-refractivity contribution >= 4 is 53.3 Å². The molecule has 0 unspecified atom stereocenters. The second-order valence-electron chi connectivity index (χ2n) is 4.91. The lowest BCUT2D eigenvalue weighted by Gasteiger charge is -2.14. The third-order valence-electron chi connectivity index (χ3n) is 1.85. The summed E-state index contributed by atoms with van der Waals surface area (Å²) in [5, 5.41) is 1.96. The highest BCUT2D eigenvalue weighted by Crippen LogP contribution is 2.24. The number of benzene rings is 1. The Balaban J connectivity index is 2.69. The second kappa shape index (κ2) is 6.88. The van der Waals surface area contributed by atoms with E-state index in [1.807, 2.05) is 36.0 Å². The molecule has 0 spiro atoms. The molecule has 0 N–H and O–H groups in total. The van der Waals surface area contributed by atoms with E-state index < -0.39 is 8.07 Å². The predicted octanol–water partition coefficient (Wildman–Crippen LogP) is 5.30. The molecule has 0 amide bonds. The molecule has 5 heteroatoms. The van der Waals surface area contributed by atoms with Crippen LogP contribution in [0.2, 0.25) is 24.7 Å². The van der Waals surface area contributed by atoms with Gasteiger partial charge in [0.05, 0.1) is 13.8 Å². The predicted molar refractivity (Wildman–Crippen MR) is 87.9 cm³/mol. The first-order chi connectivity index (χ1) is 7.90. The Labute approximate surface area is 118 Å². The number of thioether (sulfide) groups is 2. The molecule has 0 aliphatic heterocycles. The van der Waals surface area contributed by atoms with E-state index in [0.717, 1.165) is 15.1 Å². The van der Waals surface area contributed by atoms with Crippen LogP contribution < -0.4 is 0 Å². The van der Waals surface area contributed by atoms with Gasteiger partial charge in [0.2, 0.25) is 0 Å². The van der Waals surface area contributed by atoms with Gasteiger partial charge in [0, 0.05) is 5.02 Å². The number of rotatable bonds is 3. The maximum Gasteiger partial charge on any atom is 0.129 e. The van der Waals surface area contributed by atoms with Crippen molar-refractivity contribution in [1.29, 1.82) is 0 Å². The van der Waals surface area contributed by atoms with Crippen LogP contribution in [0.3, 0.4) is 0 Å². The van der Waals surface area contributed by atoms with Crippen molar-refractivity contribution in [3.8, 4) is 0 Å². The quantitative estimate of drug-likeness (QED) is 0.427. The van der Waals surface area contributed by atoms with Crippen molar-refractivity contribution in [2.45, 2.75) is 19.6 Å². The van der Waals surface area contributed by atoms with Gasteiger partial charge in [-0.15, -0.1) is 23.5 Å². The summed E-state index contributed by atoms with van der Waals surface area (Å²) in [7, 11) is -1.01. The molecule has 1 nitrogen and oxygen atoms in total. The van der Waals surface area contributed by atoms with E-state index in [4.69, 9.17) is 11.6 Å². The number of nitrogens with zero attached hydrogens (tertiary/aromatic N) is 1. The van der Waals surface area contributed by atoms with E-state index in [9.17, 15) is 0 Å². The maximum absolute atomic E-state index is 5.85. The Bertz CT molecular complexity index is 384. The molecule has 17 heavy (non-hydrogen) atoms. The average Bonchev–Trinajstić information content (AvgIpc) is 2.25. The molecule has 0 aliphatic rings. The molecule has 1 aromatic rings. The van der Waals surface area contributed by atoms with Gasteiger partial charge in [-0.2, -0.15) is 0 Å². The standard InChI is InChI=1S/C12H18ClNS2Si/c1-15-12(16-9-17(2,3)4)14-11-7-5-10(13)6-8-11/h5-8H,9H2,1-4H3. The van der Waals surface area contributed by atoms with E-state index in [-0.39, 0.29) is 0 Å². The molecular formula is C12H18ClNS2Si. The highest BCUT2D eigenvalue weighted by atomic mass is 35.5. The van der Waals surface area contributed by atoms with Gasteiger partial charge >= 0.3 is 0 Å². The van der Waals surface area contributed by atoms with Gasteiger partial charge in [-0.05, 0) is 35.9 Å². The fourth-order valence-electron chi connectivity index (χ4n) is 1.04. The molecule has 0 aromatic heterocycles. The SMILES string of the molecule is CSC(=Nc1ccc(Cl)cc1)SC[Si](C)(C)C. The monoisotopic (exact) mass is 303 g/mol. The first-order valence-corrected chi connectivity index (χ1v) is 11.7. The number of halogens is 1. The largest absolute Gasteiger partial charge is 0.235 e. The normalized spacial score (nSPS) is 12.9. The van der Waals surface area contributed by atoms with Gasteiger partial charge in [0.25, 0.3) is 0 Å². The summed E-state index contributed by atoms with van der Waals surface area (Å²) in [6.45, 7) is 7.13. The Hall–Kier alpha value is 0.0969. The first-order valence-electron chi connectivity index (χ1n) is 5.42. The van der Waals surface area contributed by atoms with Crippen molar-refractivity contribution in [2.24, 2.45) is 4.99 Å². The summed E-state index contributed by atoms with van der Waals surface area (Å²) in [6, 6.07) is 7.66. The van der Waals surface area contributed by atoms with E-state index in [2.05, 4.69) is 30.9 Å². The van der Waals surface area contributed by atoms with Crippen molar-refractivity contribution in [2.75, 3.05) is 11.6 Å². The lowest BCUT2D eigenvalue weighted by Crippen LogP contribution is -2.24. The molecule has 1 rings (SSSR count). The molecule has 0 radical (unpaired) electrons. The number of hydrogen-bond donors (Lipinski definition) is 0. The summed E-state index contributed by atoms with van der Waals surface area (Å²) < 4.78 is 1.13. The van der Waals surface area contributed by atoms with E-state index >= 15 is 0 Å². The summed E-state index contributed by atoms with van der Waals surface area (Å²) >= 11 is 9.43. The molecule has 0 saturated heterocycles. The summed E-state index contributed by atoms with van der Waals surface area (Å²) in [6.07, 6.45) is 2.08. The third kappa shape index (κ3) is 6.55. The van der Waals surface area contributed by atoms with Crippen molar-refractivity contribution in [1.82, 2.24) is 0 Å². The van der Waals surface area contributed by atoms with Crippen LogP contribution in [0.15, 0.2) is 29.3 Å². The third-order valence-corrected chi connectivity index (χ3v) is 7.78. The fourth-order valence-corrected chi connectivity index (χ4v) is 4.76. The van der Waals surface area contributed by atoms with Crippen LogP contribution in [0.25, 0.3) is 0 Å². The zero-order valence-corrected chi connectivity index (χ0v) is 14.0. The molecule has 94 valence electrons. The van der Waals surface area contributed by atoms with Crippen LogP contribution in [0.4, 0.5) is 5.69 Å². The van der Waals surface area contributed by atoms with E-state index in [1.54, 1.807) is 11.8 Å². The fraction of sp³-hybridized carbons (Fsp3) is 0.417. The van der Waals surface area contributed by atoms with Crippen LogP contribution in [-0.4, -0.2) is 24.1 Å². The van der Waals surface area contributed by atoms with E-state index in [0.29, 0.717) is 0 Å². The Morgan fingerprint density at radius 2 is 1.82 bits per heavy atom. The molecule has 0 fully saturated rings. The minimum Gasteiger partial charge on any atom is -0.235 e. The van der Waals surface area contributed by atoms with Gasteiger partial charge in [-0.25, -0.2) is 4.99 Å². The zero-order valence-electron chi connectivity index (χ0n) is 10.7. The molecule has 0 heterocycles. The maximum atomic E-state index is 5.85. The van der Waals surface area contributed by atoms with Gasteiger partial charge in [0.1, 0.15) is 4.38 Å². The van der Waals surface area contributed by atoms with Crippen molar-refractivity contribution in [3.63, 3.8) is 0 Å². The lowest BCUT2D eigenvalue weighted by atomic mass is 10.3. The highest BCUT2D eigenvalue weighted by Gasteiger charge is 2.14. The summed E-state index contributed by atoms with van der Waals surface area (Å²) in [5.41, 5.74) is 0.974. The highest BCUT2D eigenvalue weighted by molar-refractivity contribution is 8.39. The second-order valence-corrected chi connectivity index (χ2v) is 13.3. The molecule has 1 aromatic carbocycles. The molecular weight excluding hydrogens is 286 g/mol. The van der Waals surface area contributed by atoms with Crippen LogP contribution in [0.1, 0.15) is 0 Å². The van der Waals surface area contributed by atoms with Gasteiger partial charge in [0.15, 0.2) is 0 Å². The minimum absolute atomic E-state index is 0.754. The van der Waals surface area contributed by atoms with Crippen molar-refractivity contribution in [3.05, 3.63) is 29.3 Å². The minimum atomic E-state index is -1.01. The van der Waals surface area contributed by atoms with Crippen LogP contribution >= 0.6 is 35.1 Å². The number of aliphatic imine (C=N–C) groups is 1. The number of hydrogen-bond acceptors (Lipinski definition) is 3. The summed E-state index contributed by atoms with van der Waals surface area (Å²) in [4.78, 5) is 4.63. The molecule has 0 atom stereocenters. The Morgan fingerprint density at radius 3 is 2.29 bits per heavy atom. The first kappa shape index (κ1) is 15.2. The van der Waals surface area contributed by atoms with Crippen LogP contribution in [0.5, 0.6) is 0 Å². The van der Waals surface area contributed by atoms with Crippen LogP contribution in [0, 0.1) is 0 Å². The zero-order chi connectivity index (χ0) is 12.9. The van der Waals surface area contributed by atoms with Gasteiger partial charge in [-0.3, -0.25) is 0 Å². The van der Waals surface area contributed by atoms with Gasteiger partial charge < -0.3 is 0 Å². The summed E-state index contributed by atoms with van der Waals surface area (Å²) in [5.74, 6) is 0. The molecule has 0 aliphatic carbocycles. The molecule has 0 bridgehead atoms. The Kier molecular flexibility index (Phi) is 6.13. The average molecular weight is 304 g/mol. The van der Waals surface area contributed by atoms with E-state index in [1.165, 1.54) is 5.38 Å². The lowest BCUT2D eigenvalue weighted by molar-refractivity contribution is 1.55. The Morgan fingerprint density at radius 1 is 1.24 bits per heavy atom. The van der Waals surface area contributed by atoms with Gasteiger partial charge in [-0.1, -0.05) is 31.2 Å². The topological polar surface area (TPSA) is 12.4 Å². The smallest absolute Gasteiger partial charge is 0.129 e. The van der Waals surface area contributed by atoms with Crippen molar-refractivity contribution < 1.29 is 0 Å². The molecule has 0 saturated carbocycles. The van der Waals surface area contributed by atoms with Crippen LogP contribution in [-0.2, 0) is 0 Å².